The Morgan fingerprint density at radius 3 is 1.25 bits per heavy atom. The molecule has 0 aliphatic carbocycles. The summed E-state index contributed by atoms with van der Waals surface area (Å²) in [6.07, 6.45) is 0. The first-order chi connectivity index (χ1) is 1.00. The molecule has 0 N–H and O–H groups in total. The molecule has 0 heterocycles. The first-order valence-electron chi connectivity index (χ1n) is 0.204. The molecule has 4 heavy (non-hydrogen) atoms. The first kappa shape index (κ1) is 16.6. The average molecular weight is 153 g/mol. The van der Waals surface area contributed by atoms with Crippen LogP contribution in [-0.4, -0.2) is 18.9 Å². The van der Waals surface area contributed by atoms with Crippen molar-refractivity contribution in [3.8, 4) is 0 Å². The predicted octanol–water partition coefficient (Wildman–Crippen LogP) is -0.328. The summed E-state index contributed by atoms with van der Waals surface area (Å²) in [7, 11) is 2.17. The van der Waals surface area contributed by atoms with Gasteiger partial charge in [-0.3, -0.25) is 0 Å². The van der Waals surface area contributed by atoms with Crippen molar-refractivity contribution in [2.75, 3.05) is 0 Å². The molecule has 0 bridgehead atoms. The van der Waals surface area contributed by atoms with Crippen LogP contribution in [0.25, 0.3) is 0 Å². The van der Waals surface area contributed by atoms with E-state index in [1.54, 1.807) is 0 Å². The summed E-state index contributed by atoms with van der Waals surface area (Å²) in [4.78, 5) is 0. The van der Waals surface area contributed by atoms with Gasteiger partial charge in [0.15, 0.2) is 0 Å². The molecule has 1 atom stereocenters. The Kier molecular flexibility index (Phi) is 81.2. The Balaban J connectivity index is -0.00000000500. The zero-order valence-corrected chi connectivity index (χ0v) is 4.65. The SMILES string of the molecule is [Fe].[LiH].[PH2][Fe]. The van der Waals surface area contributed by atoms with Gasteiger partial charge in [0.05, 0.1) is 0 Å². The van der Waals surface area contributed by atoms with Gasteiger partial charge in [0.1, 0.15) is 0 Å². The molecule has 0 radical (unpaired) electrons. The van der Waals surface area contributed by atoms with Gasteiger partial charge in [-0.05, 0) is 0 Å². The Morgan fingerprint density at radius 1 is 1.25 bits per heavy atom. The molecular formula is H3Fe2LiP. The summed E-state index contributed by atoms with van der Waals surface area (Å²) in [5.41, 5.74) is 0. The molecule has 1 unspecified atom stereocenters. The molecular weight excluding hydrogens is 150 g/mol. The third-order valence-electron chi connectivity index (χ3n) is 0. The second-order valence-electron chi connectivity index (χ2n) is 0. The standard InChI is InChI=1S/2Fe.Li.H2P.H/h;;;1H2;/q;+1;;-1;. The van der Waals surface area contributed by atoms with Gasteiger partial charge in [-0.25, -0.2) is 0 Å². The number of hydrogen-bond donors (Lipinski definition) is 0. The van der Waals surface area contributed by atoms with Crippen molar-refractivity contribution in [3.63, 3.8) is 0 Å². The average Bonchev–Trinajstić information content (AvgIpc) is 1.00. The molecule has 0 nitrogen and oxygen atoms in total. The monoisotopic (exact) mass is 153 g/mol. The van der Waals surface area contributed by atoms with Crippen LogP contribution in [0, 0.1) is 0 Å². The van der Waals surface area contributed by atoms with Gasteiger partial charge >= 0.3 is 42.4 Å². The van der Waals surface area contributed by atoms with Gasteiger partial charge in [-0.2, -0.15) is 0 Å². The van der Waals surface area contributed by atoms with Crippen molar-refractivity contribution < 1.29 is 32.6 Å². The minimum absolute atomic E-state index is 0. The summed E-state index contributed by atoms with van der Waals surface area (Å²) in [6.45, 7) is 0. The van der Waals surface area contributed by atoms with Crippen LogP contribution in [0.3, 0.4) is 0 Å². The van der Waals surface area contributed by atoms with E-state index in [-0.39, 0.29) is 35.9 Å². The molecule has 0 aliphatic rings. The van der Waals surface area contributed by atoms with Crippen LogP contribution >= 0.6 is 7.93 Å². The topological polar surface area (TPSA) is 0 Å². The Hall–Kier alpha value is 2.07. The fourth-order valence-corrected chi connectivity index (χ4v) is 0. The molecule has 0 saturated carbocycles. The Morgan fingerprint density at radius 2 is 1.25 bits per heavy atom. The maximum atomic E-state index is 3.17. The van der Waals surface area contributed by atoms with E-state index in [1.807, 2.05) is 0 Å². The quantitative estimate of drug-likeness (QED) is 0.330. The number of rotatable bonds is 0. The predicted molar refractivity (Wildman–Crippen MR) is 16.9 cm³/mol. The van der Waals surface area contributed by atoms with Crippen LogP contribution in [-0.2, 0) is 32.6 Å². The van der Waals surface area contributed by atoms with Crippen molar-refractivity contribution in [3.05, 3.63) is 0 Å². The van der Waals surface area contributed by atoms with Gasteiger partial charge in [0.25, 0.3) is 0 Å². The van der Waals surface area contributed by atoms with E-state index in [2.05, 4.69) is 23.5 Å². The molecule has 0 amide bonds. The van der Waals surface area contributed by atoms with Crippen LogP contribution in [0.4, 0.5) is 0 Å². The first-order valence-corrected chi connectivity index (χ1v) is 2.52. The summed E-state index contributed by atoms with van der Waals surface area (Å²) >= 11 is 3.17. The van der Waals surface area contributed by atoms with Crippen LogP contribution in [0.5, 0.6) is 0 Å². The second-order valence-corrected chi connectivity index (χ2v) is 0. The van der Waals surface area contributed by atoms with Gasteiger partial charge in [0.2, 0.25) is 0 Å². The molecule has 0 aromatic rings. The van der Waals surface area contributed by atoms with E-state index in [9.17, 15) is 0 Å². The summed E-state index contributed by atoms with van der Waals surface area (Å²) in [6, 6.07) is 0. The van der Waals surface area contributed by atoms with Crippen LogP contribution in [0.2, 0.25) is 0 Å². The van der Waals surface area contributed by atoms with Crippen molar-refractivity contribution in [1.29, 1.82) is 0 Å². The van der Waals surface area contributed by atoms with Crippen molar-refractivity contribution in [2.24, 2.45) is 0 Å². The summed E-state index contributed by atoms with van der Waals surface area (Å²) < 4.78 is 0. The Labute approximate surface area is 59.1 Å². The van der Waals surface area contributed by atoms with E-state index >= 15 is 0 Å². The molecule has 0 aromatic carbocycles. The van der Waals surface area contributed by atoms with Gasteiger partial charge in [0, 0.05) is 17.1 Å². The van der Waals surface area contributed by atoms with Gasteiger partial charge in [-0.15, -0.1) is 0 Å². The zero-order chi connectivity index (χ0) is 2.00. The fraction of sp³-hybridized carbons (Fsp3) is 0. The maximum absolute atomic E-state index is 3.17. The second kappa shape index (κ2) is 19.6. The normalized spacial score (nSPS) is 1.50. The molecule has 0 rings (SSSR count). The van der Waals surface area contributed by atoms with Crippen molar-refractivity contribution in [2.45, 2.75) is 0 Å². The van der Waals surface area contributed by atoms with Crippen molar-refractivity contribution in [1.82, 2.24) is 0 Å². The van der Waals surface area contributed by atoms with Crippen LogP contribution in [0.15, 0.2) is 0 Å². The van der Waals surface area contributed by atoms with E-state index in [0.29, 0.717) is 0 Å². The van der Waals surface area contributed by atoms with E-state index in [4.69, 9.17) is 0 Å². The third-order valence-corrected chi connectivity index (χ3v) is 0. The fourth-order valence-electron chi connectivity index (χ4n) is 0. The van der Waals surface area contributed by atoms with E-state index < -0.39 is 0 Å². The van der Waals surface area contributed by atoms with Gasteiger partial charge in [-0.1, -0.05) is 0 Å². The molecule has 0 spiro atoms. The van der Waals surface area contributed by atoms with Gasteiger partial charge < -0.3 is 0 Å². The molecule has 0 aromatic heterocycles. The minimum atomic E-state index is 0. The Bertz CT molecular complexity index is 6.00. The van der Waals surface area contributed by atoms with E-state index in [0.717, 1.165) is 0 Å². The molecule has 25 valence electrons. The summed E-state index contributed by atoms with van der Waals surface area (Å²) in [5, 5.41) is 0. The molecule has 4 heteroatoms. The third kappa shape index (κ3) is 8.95. The van der Waals surface area contributed by atoms with Crippen LogP contribution in [0.1, 0.15) is 0 Å². The molecule has 0 saturated heterocycles. The van der Waals surface area contributed by atoms with Crippen molar-refractivity contribution >= 4 is 26.8 Å². The van der Waals surface area contributed by atoms with Crippen LogP contribution < -0.4 is 0 Å². The molecule has 0 fully saturated rings. The zero-order valence-electron chi connectivity index (χ0n) is 1.28. The summed E-state index contributed by atoms with van der Waals surface area (Å²) in [5.74, 6) is 0. The molecule has 0 aliphatic heterocycles. The van der Waals surface area contributed by atoms with E-state index in [1.165, 1.54) is 0 Å². The number of hydrogen-bond acceptors (Lipinski definition) is 0.